The van der Waals surface area contributed by atoms with E-state index in [0.29, 0.717) is 6.42 Å². The van der Waals surface area contributed by atoms with Crippen LogP contribution in [-0.2, 0) is 24.1 Å². The van der Waals surface area contributed by atoms with Crippen LogP contribution in [0.2, 0.25) is 0 Å². The molecule has 0 radical (unpaired) electrons. The molecule has 0 aliphatic rings. The second-order valence-corrected chi connectivity index (χ2v) is 6.39. The summed E-state index contributed by atoms with van der Waals surface area (Å²) in [6, 6.07) is 14.2. The molecule has 3 rings (SSSR count). The number of benzene rings is 2. The fourth-order valence-corrected chi connectivity index (χ4v) is 2.97. The molecule has 3 aromatic rings. The molecule has 0 bridgehead atoms. The van der Waals surface area contributed by atoms with Crippen molar-refractivity contribution < 1.29 is 4.79 Å². The van der Waals surface area contributed by atoms with E-state index in [1.165, 1.54) is 5.56 Å². The van der Waals surface area contributed by atoms with E-state index < -0.39 is 0 Å². The van der Waals surface area contributed by atoms with Crippen LogP contribution >= 0.6 is 0 Å². The first-order valence-electron chi connectivity index (χ1n) is 9.04. The monoisotopic (exact) mass is 335 g/mol. The SMILES string of the molecule is CCCc1nc2ccc(CCC(=O)Nc3cccc(CC)c3)cc2[nH]1. The van der Waals surface area contributed by atoms with Gasteiger partial charge in [0.05, 0.1) is 11.0 Å². The Kier molecular flexibility index (Phi) is 5.49. The number of H-pyrrole nitrogens is 1. The summed E-state index contributed by atoms with van der Waals surface area (Å²) in [6.07, 6.45) is 4.19. The molecule has 2 N–H and O–H groups in total. The molecule has 0 aliphatic carbocycles. The molecule has 4 nitrogen and oxygen atoms in total. The number of aromatic amines is 1. The largest absolute Gasteiger partial charge is 0.342 e. The van der Waals surface area contributed by atoms with E-state index in [2.05, 4.69) is 47.3 Å². The molecule has 1 aromatic heterocycles. The fraction of sp³-hybridized carbons (Fsp3) is 0.333. The number of amides is 1. The van der Waals surface area contributed by atoms with Crippen molar-refractivity contribution in [1.82, 2.24) is 9.97 Å². The van der Waals surface area contributed by atoms with Crippen molar-refractivity contribution in [2.45, 2.75) is 46.0 Å². The summed E-state index contributed by atoms with van der Waals surface area (Å²) in [7, 11) is 0. The number of carbonyl (C=O) groups excluding carboxylic acids is 1. The van der Waals surface area contributed by atoms with Crippen molar-refractivity contribution in [1.29, 1.82) is 0 Å². The molecule has 4 heteroatoms. The van der Waals surface area contributed by atoms with Crippen LogP contribution in [0.4, 0.5) is 5.69 Å². The summed E-state index contributed by atoms with van der Waals surface area (Å²) in [4.78, 5) is 20.1. The first-order valence-corrected chi connectivity index (χ1v) is 9.04. The molecule has 0 aliphatic heterocycles. The average Bonchev–Trinajstić information content (AvgIpc) is 3.02. The number of aromatic nitrogens is 2. The van der Waals surface area contributed by atoms with Crippen LogP contribution in [0.5, 0.6) is 0 Å². The van der Waals surface area contributed by atoms with Crippen LogP contribution in [0.15, 0.2) is 42.5 Å². The van der Waals surface area contributed by atoms with Crippen molar-refractivity contribution in [2.75, 3.05) is 5.32 Å². The molecule has 0 saturated heterocycles. The lowest BCUT2D eigenvalue weighted by Gasteiger charge is -2.07. The Balaban J connectivity index is 1.60. The number of imidazole rings is 1. The number of nitrogens with one attached hydrogen (secondary N) is 2. The number of hydrogen-bond acceptors (Lipinski definition) is 2. The summed E-state index contributed by atoms with van der Waals surface area (Å²) in [5.41, 5.74) is 5.30. The Labute approximate surface area is 148 Å². The van der Waals surface area contributed by atoms with Crippen molar-refractivity contribution in [2.24, 2.45) is 0 Å². The van der Waals surface area contributed by atoms with Gasteiger partial charge < -0.3 is 10.3 Å². The zero-order valence-corrected chi connectivity index (χ0v) is 14.9. The summed E-state index contributed by atoms with van der Waals surface area (Å²) < 4.78 is 0. The number of aryl methyl sites for hydroxylation is 3. The van der Waals surface area contributed by atoms with Crippen LogP contribution in [0.3, 0.4) is 0 Å². The van der Waals surface area contributed by atoms with Crippen LogP contribution in [0, 0.1) is 0 Å². The molecule has 0 fully saturated rings. The quantitative estimate of drug-likeness (QED) is 0.660. The minimum absolute atomic E-state index is 0.0460. The average molecular weight is 335 g/mol. The Bertz CT molecular complexity index is 866. The highest BCUT2D eigenvalue weighted by Crippen LogP contribution is 2.16. The van der Waals surface area contributed by atoms with Gasteiger partial charge in [0, 0.05) is 18.5 Å². The van der Waals surface area contributed by atoms with E-state index >= 15 is 0 Å². The standard InChI is InChI=1S/C21H25N3O/c1-3-6-20-23-18-11-9-16(14-19(18)24-20)10-12-21(25)22-17-8-5-7-15(4-2)13-17/h5,7-9,11,13-14H,3-4,6,10,12H2,1-2H3,(H,22,25)(H,23,24). The molecule has 0 saturated carbocycles. The second kappa shape index (κ2) is 7.97. The van der Waals surface area contributed by atoms with Gasteiger partial charge in [-0.05, 0) is 54.7 Å². The summed E-state index contributed by atoms with van der Waals surface area (Å²) in [5.74, 6) is 1.08. The van der Waals surface area contributed by atoms with Crippen molar-refractivity contribution >= 4 is 22.6 Å². The summed E-state index contributed by atoms with van der Waals surface area (Å²) in [5, 5.41) is 2.99. The van der Waals surface area contributed by atoms with Gasteiger partial charge in [0.2, 0.25) is 5.91 Å². The van der Waals surface area contributed by atoms with Crippen molar-refractivity contribution in [3.8, 4) is 0 Å². The van der Waals surface area contributed by atoms with Gasteiger partial charge in [0.25, 0.3) is 0 Å². The predicted octanol–water partition coefficient (Wildman–Crippen LogP) is 4.65. The minimum atomic E-state index is 0.0460. The molecule has 130 valence electrons. The number of nitrogens with zero attached hydrogens (tertiary/aromatic N) is 1. The maximum absolute atomic E-state index is 12.2. The zero-order valence-electron chi connectivity index (χ0n) is 14.9. The van der Waals surface area contributed by atoms with E-state index in [9.17, 15) is 4.79 Å². The lowest BCUT2D eigenvalue weighted by Crippen LogP contribution is -2.12. The maximum Gasteiger partial charge on any atom is 0.224 e. The van der Waals surface area contributed by atoms with E-state index in [1.807, 2.05) is 24.3 Å². The van der Waals surface area contributed by atoms with Gasteiger partial charge in [-0.3, -0.25) is 4.79 Å². The van der Waals surface area contributed by atoms with Gasteiger partial charge in [0.15, 0.2) is 0 Å². The van der Waals surface area contributed by atoms with E-state index in [4.69, 9.17) is 0 Å². The third-order valence-electron chi connectivity index (χ3n) is 4.34. The number of carbonyl (C=O) groups is 1. The van der Waals surface area contributed by atoms with E-state index in [-0.39, 0.29) is 5.91 Å². The predicted molar refractivity (Wildman–Crippen MR) is 103 cm³/mol. The van der Waals surface area contributed by atoms with Crippen molar-refractivity contribution in [3.05, 3.63) is 59.4 Å². The number of hydrogen-bond donors (Lipinski definition) is 2. The Morgan fingerprint density at radius 3 is 2.76 bits per heavy atom. The number of rotatable bonds is 7. The highest BCUT2D eigenvalue weighted by Gasteiger charge is 2.06. The van der Waals surface area contributed by atoms with Gasteiger partial charge in [-0.15, -0.1) is 0 Å². The van der Waals surface area contributed by atoms with Gasteiger partial charge >= 0.3 is 0 Å². The van der Waals surface area contributed by atoms with Crippen molar-refractivity contribution in [3.63, 3.8) is 0 Å². The molecule has 0 spiro atoms. The van der Waals surface area contributed by atoms with Crippen LogP contribution < -0.4 is 5.32 Å². The lowest BCUT2D eigenvalue weighted by molar-refractivity contribution is -0.116. The van der Waals surface area contributed by atoms with Crippen LogP contribution in [0.1, 0.15) is 43.6 Å². The summed E-state index contributed by atoms with van der Waals surface area (Å²) in [6.45, 7) is 4.26. The molecule has 1 amide bonds. The van der Waals surface area contributed by atoms with Gasteiger partial charge in [-0.2, -0.15) is 0 Å². The Hall–Kier alpha value is -2.62. The minimum Gasteiger partial charge on any atom is -0.342 e. The highest BCUT2D eigenvalue weighted by molar-refractivity contribution is 5.91. The second-order valence-electron chi connectivity index (χ2n) is 6.39. The normalized spacial score (nSPS) is 11.0. The molecule has 2 aromatic carbocycles. The molecule has 1 heterocycles. The Morgan fingerprint density at radius 1 is 1.08 bits per heavy atom. The van der Waals surface area contributed by atoms with Crippen LogP contribution in [-0.4, -0.2) is 15.9 Å². The maximum atomic E-state index is 12.2. The van der Waals surface area contributed by atoms with Gasteiger partial charge in [-0.1, -0.05) is 32.0 Å². The molecule has 25 heavy (non-hydrogen) atoms. The molecular weight excluding hydrogens is 310 g/mol. The smallest absolute Gasteiger partial charge is 0.224 e. The summed E-state index contributed by atoms with van der Waals surface area (Å²) >= 11 is 0. The first kappa shape index (κ1) is 17.2. The van der Waals surface area contributed by atoms with E-state index in [0.717, 1.165) is 53.8 Å². The third kappa shape index (κ3) is 4.47. The number of fused-ring (bicyclic) bond motifs is 1. The third-order valence-corrected chi connectivity index (χ3v) is 4.34. The Morgan fingerprint density at radius 2 is 1.96 bits per heavy atom. The fourth-order valence-electron chi connectivity index (χ4n) is 2.97. The topological polar surface area (TPSA) is 57.8 Å². The van der Waals surface area contributed by atoms with E-state index in [1.54, 1.807) is 0 Å². The zero-order chi connectivity index (χ0) is 17.6. The highest BCUT2D eigenvalue weighted by atomic mass is 16.1. The van der Waals surface area contributed by atoms with Gasteiger partial charge in [-0.25, -0.2) is 4.98 Å². The van der Waals surface area contributed by atoms with Gasteiger partial charge in [0.1, 0.15) is 5.82 Å². The molecular formula is C21H25N3O. The molecule has 0 unspecified atom stereocenters. The number of anilines is 1. The molecule has 0 atom stereocenters. The lowest BCUT2D eigenvalue weighted by atomic mass is 10.1. The van der Waals surface area contributed by atoms with Crippen LogP contribution in [0.25, 0.3) is 11.0 Å². The first-order chi connectivity index (χ1) is 12.2.